The van der Waals surface area contributed by atoms with Gasteiger partial charge in [0.1, 0.15) is 11.9 Å². The average Bonchev–Trinajstić information content (AvgIpc) is 2.03. The number of nitrogens with zero attached hydrogens (tertiary/aromatic N) is 2. The van der Waals surface area contributed by atoms with Crippen LogP contribution in [0.5, 0.6) is 0 Å². The normalized spacial score (nSPS) is 10.9. The van der Waals surface area contributed by atoms with Crippen LogP contribution in [0.1, 0.15) is 11.1 Å². The number of alkyl halides is 3. The van der Waals surface area contributed by atoms with Crippen molar-refractivity contribution >= 4 is 5.82 Å². The fraction of sp³-hybridized carbons (Fsp3) is 0.143. The van der Waals surface area contributed by atoms with E-state index in [4.69, 9.17) is 11.0 Å². The lowest BCUT2D eigenvalue weighted by molar-refractivity contribution is -0.137. The van der Waals surface area contributed by atoms with Crippen LogP contribution in [0.25, 0.3) is 0 Å². The molecular weight excluding hydrogens is 183 g/mol. The predicted octanol–water partition coefficient (Wildman–Crippen LogP) is 1.55. The van der Waals surface area contributed by atoms with Gasteiger partial charge in [0.05, 0.1) is 11.1 Å². The summed E-state index contributed by atoms with van der Waals surface area (Å²) in [7, 11) is 0. The Morgan fingerprint density at radius 3 is 2.54 bits per heavy atom. The number of nitrogen functional groups attached to an aromatic ring is 1. The number of pyridine rings is 1. The molecule has 1 heterocycles. The van der Waals surface area contributed by atoms with E-state index in [2.05, 4.69) is 4.98 Å². The third-order valence-corrected chi connectivity index (χ3v) is 1.35. The zero-order valence-electron chi connectivity index (χ0n) is 6.26. The van der Waals surface area contributed by atoms with Crippen LogP contribution in [-0.4, -0.2) is 4.98 Å². The topological polar surface area (TPSA) is 62.7 Å². The maximum atomic E-state index is 12.2. The van der Waals surface area contributed by atoms with Gasteiger partial charge in [-0.05, 0) is 6.07 Å². The van der Waals surface area contributed by atoms with Gasteiger partial charge in [-0.25, -0.2) is 4.98 Å². The van der Waals surface area contributed by atoms with Crippen molar-refractivity contribution < 1.29 is 13.2 Å². The minimum atomic E-state index is -4.57. The van der Waals surface area contributed by atoms with Gasteiger partial charge in [0, 0.05) is 6.20 Å². The summed E-state index contributed by atoms with van der Waals surface area (Å²) in [5, 5.41) is 8.34. The Bertz CT molecular complexity index is 364. The van der Waals surface area contributed by atoms with Gasteiger partial charge in [-0.1, -0.05) is 0 Å². The first-order valence-corrected chi connectivity index (χ1v) is 3.18. The lowest BCUT2D eigenvalue weighted by Gasteiger charge is -2.07. The second-order valence-electron chi connectivity index (χ2n) is 2.26. The van der Waals surface area contributed by atoms with Crippen LogP contribution in [0.4, 0.5) is 19.0 Å². The summed E-state index contributed by atoms with van der Waals surface area (Å²) in [5.74, 6) is -0.258. The van der Waals surface area contributed by atoms with Gasteiger partial charge in [-0.15, -0.1) is 0 Å². The zero-order chi connectivity index (χ0) is 10.1. The van der Waals surface area contributed by atoms with Gasteiger partial charge >= 0.3 is 6.18 Å². The molecule has 13 heavy (non-hydrogen) atoms. The molecule has 0 aliphatic rings. The number of hydrogen-bond acceptors (Lipinski definition) is 3. The molecule has 0 aliphatic carbocycles. The first-order valence-electron chi connectivity index (χ1n) is 3.18. The van der Waals surface area contributed by atoms with Crippen molar-refractivity contribution in [3.05, 3.63) is 23.4 Å². The molecule has 0 atom stereocenters. The zero-order valence-corrected chi connectivity index (χ0v) is 6.26. The number of anilines is 1. The fourth-order valence-electron chi connectivity index (χ4n) is 0.795. The molecule has 1 aromatic heterocycles. The van der Waals surface area contributed by atoms with E-state index in [1.807, 2.05) is 0 Å². The lowest BCUT2D eigenvalue weighted by atomic mass is 10.1. The molecule has 0 radical (unpaired) electrons. The molecule has 1 rings (SSSR count). The van der Waals surface area contributed by atoms with E-state index in [0.29, 0.717) is 6.07 Å². The monoisotopic (exact) mass is 187 g/mol. The molecule has 0 bridgehead atoms. The summed E-state index contributed by atoms with van der Waals surface area (Å²) in [6.45, 7) is 0. The smallest absolute Gasteiger partial charge is 0.384 e. The predicted molar refractivity (Wildman–Crippen MR) is 38.4 cm³/mol. The molecule has 1 aromatic rings. The summed E-state index contributed by atoms with van der Waals surface area (Å²) in [5.41, 5.74) is 3.48. The Balaban J connectivity index is 3.35. The molecule has 68 valence electrons. The second kappa shape index (κ2) is 2.94. The molecule has 2 N–H and O–H groups in total. The highest BCUT2D eigenvalue weighted by Gasteiger charge is 2.33. The van der Waals surface area contributed by atoms with E-state index in [9.17, 15) is 13.2 Å². The van der Waals surface area contributed by atoms with Crippen LogP contribution in [-0.2, 0) is 6.18 Å². The molecule has 0 amide bonds. The van der Waals surface area contributed by atoms with Crippen molar-refractivity contribution in [3.8, 4) is 6.07 Å². The number of rotatable bonds is 0. The van der Waals surface area contributed by atoms with Gasteiger partial charge < -0.3 is 5.73 Å². The van der Waals surface area contributed by atoms with Gasteiger partial charge in [-0.2, -0.15) is 18.4 Å². The third kappa shape index (κ3) is 1.87. The Hall–Kier alpha value is -1.77. The molecule has 0 aromatic carbocycles. The Labute approximate surface area is 71.6 Å². The Kier molecular flexibility index (Phi) is 2.10. The van der Waals surface area contributed by atoms with Crippen molar-refractivity contribution in [1.29, 1.82) is 5.26 Å². The molecule has 0 spiro atoms. The first-order chi connectivity index (χ1) is 5.95. The van der Waals surface area contributed by atoms with Gasteiger partial charge in [0.15, 0.2) is 0 Å². The minimum absolute atomic E-state index is 0.258. The lowest BCUT2D eigenvalue weighted by Crippen LogP contribution is -2.09. The number of nitriles is 1. The Morgan fingerprint density at radius 1 is 1.46 bits per heavy atom. The van der Waals surface area contributed by atoms with Crippen molar-refractivity contribution in [1.82, 2.24) is 4.98 Å². The van der Waals surface area contributed by atoms with Crippen LogP contribution in [0.3, 0.4) is 0 Å². The Morgan fingerprint density at radius 2 is 2.08 bits per heavy atom. The van der Waals surface area contributed by atoms with E-state index in [1.165, 1.54) is 6.07 Å². The fourth-order valence-corrected chi connectivity index (χ4v) is 0.795. The summed E-state index contributed by atoms with van der Waals surface area (Å²) < 4.78 is 36.5. The highest BCUT2D eigenvalue weighted by atomic mass is 19.4. The van der Waals surface area contributed by atoms with Crippen LogP contribution >= 0.6 is 0 Å². The molecular formula is C7H4F3N3. The van der Waals surface area contributed by atoms with E-state index in [-0.39, 0.29) is 5.82 Å². The summed E-state index contributed by atoms with van der Waals surface area (Å²) in [4.78, 5) is 3.38. The van der Waals surface area contributed by atoms with E-state index < -0.39 is 17.3 Å². The van der Waals surface area contributed by atoms with Gasteiger partial charge in [0.25, 0.3) is 0 Å². The van der Waals surface area contributed by atoms with Gasteiger partial charge in [-0.3, -0.25) is 0 Å². The molecule has 0 saturated heterocycles. The minimum Gasteiger partial charge on any atom is -0.384 e. The number of halogens is 3. The third-order valence-electron chi connectivity index (χ3n) is 1.35. The van der Waals surface area contributed by atoms with Crippen LogP contribution in [0.2, 0.25) is 0 Å². The van der Waals surface area contributed by atoms with Crippen LogP contribution in [0, 0.1) is 11.3 Å². The van der Waals surface area contributed by atoms with E-state index >= 15 is 0 Å². The molecule has 0 saturated carbocycles. The average molecular weight is 187 g/mol. The first kappa shape index (κ1) is 9.32. The van der Waals surface area contributed by atoms with Crippen molar-refractivity contribution in [2.45, 2.75) is 6.18 Å². The molecule has 0 unspecified atom stereocenters. The van der Waals surface area contributed by atoms with E-state index in [0.717, 1.165) is 6.20 Å². The standard InChI is InChI=1S/C7H4F3N3/c8-7(9,10)5-1-6(12)13-3-4(5)2-11/h1,3H,(H2,12,13). The van der Waals surface area contributed by atoms with Gasteiger partial charge in [0.2, 0.25) is 0 Å². The van der Waals surface area contributed by atoms with Crippen molar-refractivity contribution in [2.24, 2.45) is 0 Å². The van der Waals surface area contributed by atoms with Crippen molar-refractivity contribution in [2.75, 3.05) is 5.73 Å². The van der Waals surface area contributed by atoms with Crippen LogP contribution in [0.15, 0.2) is 12.3 Å². The SMILES string of the molecule is N#Cc1cnc(N)cc1C(F)(F)F. The molecule has 3 nitrogen and oxygen atoms in total. The highest BCUT2D eigenvalue weighted by Crippen LogP contribution is 2.32. The summed E-state index contributed by atoms with van der Waals surface area (Å²) >= 11 is 0. The quantitative estimate of drug-likeness (QED) is 0.670. The van der Waals surface area contributed by atoms with Crippen molar-refractivity contribution in [3.63, 3.8) is 0 Å². The maximum Gasteiger partial charge on any atom is 0.417 e. The molecule has 0 aliphatic heterocycles. The maximum absolute atomic E-state index is 12.2. The summed E-state index contributed by atoms with van der Waals surface area (Å²) in [6, 6.07) is 2.03. The van der Waals surface area contributed by atoms with E-state index in [1.54, 1.807) is 0 Å². The highest BCUT2D eigenvalue weighted by molar-refractivity contribution is 5.44. The largest absolute Gasteiger partial charge is 0.417 e. The number of nitrogens with two attached hydrogens (primary N) is 1. The number of hydrogen-bond donors (Lipinski definition) is 1. The molecule has 6 heteroatoms. The number of aromatic nitrogens is 1. The second-order valence-corrected chi connectivity index (χ2v) is 2.26. The molecule has 0 fully saturated rings. The van der Waals surface area contributed by atoms with Crippen LogP contribution < -0.4 is 5.73 Å². The summed E-state index contributed by atoms with van der Waals surface area (Å²) in [6.07, 6.45) is -3.76.